The minimum absolute atomic E-state index is 0.157. The lowest BCUT2D eigenvalue weighted by Crippen LogP contribution is -2.17. The summed E-state index contributed by atoms with van der Waals surface area (Å²) in [6, 6.07) is 14.3. The summed E-state index contributed by atoms with van der Waals surface area (Å²) in [5.41, 5.74) is 2.11. The minimum Gasteiger partial charge on any atom is -0.481 e. The highest BCUT2D eigenvalue weighted by Gasteiger charge is 2.18. The number of carbonyl (C=O) groups is 2. The van der Waals surface area contributed by atoms with Crippen LogP contribution in [-0.2, 0) is 16.0 Å². The molecule has 0 amide bonds. The van der Waals surface area contributed by atoms with Gasteiger partial charge < -0.3 is 19.6 Å². The van der Waals surface area contributed by atoms with Crippen molar-refractivity contribution in [1.29, 1.82) is 0 Å². The van der Waals surface area contributed by atoms with Crippen LogP contribution in [0.4, 0.5) is 11.4 Å². The van der Waals surface area contributed by atoms with Gasteiger partial charge in [0.25, 0.3) is 0 Å². The lowest BCUT2D eigenvalue weighted by atomic mass is 10.1. The number of aromatic nitrogens is 1. The van der Waals surface area contributed by atoms with Crippen LogP contribution in [-0.4, -0.2) is 33.9 Å². The normalized spacial score (nSPS) is 10.1. The Balaban J connectivity index is 0.000000465. The molecule has 0 aliphatic carbocycles. The zero-order valence-electron chi connectivity index (χ0n) is 15.3. The fourth-order valence-electron chi connectivity index (χ4n) is 2.58. The third-order valence-corrected chi connectivity index (χ3v) is 3.90. The monoisotopic (exact) mass is 370 g/mol. The van der Waals surface area contributed by atoms with Gasteiger partial charge in [-0.1, -0.05) is 42.4 Å². The highest BCUT2D eigenvalue weighted by molar-refractivity contribution is 5.87. The van der Waals surface area contributed by atoms with Crippen molar-refractivity contribution in [2.75, 3.05) is 11.4 Å². The van der Waals surface area contributed by atoms with Gasteiger partial charge in [0, 0.05) is 18.7 Å². The minimum atomic E-state index is -0.926. The van der Waals surface area contributed by atoms with Crippen LogP contribution < -0.4 is 4.90 Å². The van der Waals surface area contributed by atoms with Crippen molar-refractivity contribution in [3.63, 3.8) is 0 Å². The molecule has 142 valence electrons. The molecule has 0 radical (unpaired) electrons. The maximum absolute atomic E-state index is 10.9. The van der Waals surface area contributed by atoms with E-state index >= 15 is 0 Å². The topological polar surface area (TPSA) is 104 Å². The van der Waals surface area contributed by atoms with Gasteiger partial charge >= 0.3 is 11.9 Å². The Labute approximate surface area is 156 Å². The molecule has 2 N–H and O–H groups in total. The summed E-state index contributed by atoms with van der Waals surface area (Å²) in [6.45, 7) is 4.29. The zero-order valence-corrected chi connectivity index (χ0v) is 15.3. The number of aliphatic carboxylic acids is 2. The summed E-state index contributed by atoms with van der Waals surface area (Å²) >= 11 is 0. The molecule has 1 heterocycles. The lowest BCUT2D eigenvalue weighted by Gasteiger charge is -2.22. The van der Waals surface area contributed by atoms with Crippen LogP contribution in [0.2, 0.25) is 0 Å². The molecule has 3 aromatic rings. The van der Waals surface area contributed by atoms with Gasteiger partial charge in [-0.15, -0.1) is 0 Å². The predicted molar refractivity (Wildman–Crippen MR) is 102 cm³/mol. The molecule has 0 fully saturated rings. The number of hydrogen-bond acceptors (Lipinski definition) is 5. The number of carboxylic acid groups (broad SMARTS) is 2. The van der Waals surface area contributed by atoms with E-state index in [1.54, 1.807) is 6.92 Å². The number of nitrogens with zero attached hydrogens (tertiary/aromatic N) is 2. The Morgan fingerprint density at radius 3 is 2.30 bits per heavy atom. The van der Waals surface area contributed by atoms with E-state index in [0.29, 0.717) is 17.9 Å². The van der Waals surface area contributed by atoms with Crippen molar-refractivity contribution in [2.45, 2.75) is 26.7 Å². The standard InChI is InChI=1S/C17H16N2O3.C3H6O2/c1-2-19(16-11-22-18-15(16)10-17(20)21)14-8-7-12-5-3-4-6-13(12)9-14;1-2-3(4)5/h3-9,11H,2,10H2,1H3,(H,20,21);2H2,1H3,(H,4,5). The van der Waals surface area contributed by atoms with Crippen molar-refractivity contribution < 1.29 is 24.3 Å². The molecule has 0 unspecified atom stereocenters. The summed E-state index contributed by atoms with van der Waals surface area (Å²) in [4.78, 5) is 22.3. The molecule has 2 aromatic carbocycles. The summed E-state index contributed by atoms with van der Waals surface area (Å²) in [6.07, 6.45) is 1.56. The Morgan fingerprint density at radius 2 is 1.70 bits per heavy atom. The molecular weight excluding hydrogens is 348 g/mol. The van der Waals surface area contributed by atoms with Crippen molar-refractivity contribution >= 4 is 34.1 Å². The number of hydrogen-bond donors (Lipinski definition) is 2. The summed E-state index contributed by atoms with van der Waals surface area (Å²) in [7, 11) is 0. The van der Waals surface area contributed by atoms with E-state index in [2.05, 4.69) is 29.4 Å². The molecule has 0 aliphatic heterocycles. The second-order valence-corrected chi connectivity index (χ2v) is 5.74. The molecule has 0 aliphatic rings. The Bertz CT molecular complexity index is 919. The largest absolute Gasteiger partial charge is 0.481 e. The van der Waals surface area contributed by atoms with E-state index in [1.165, 1.54) is 11.6 Å². The first kappa shape index (κ1) is 20.0. The van der Waals surface area contributed by atoms with Crippen LogP contribution in [0.15, 0.2) is 53.3 Å². The molecular formula is C20H22N2O5. The molecule has 0 spiro atoms. The van der Waals surface area contributed by atoms with E-state index in [1.807, 2.05) is 30.0 Å². The van der Waals surface area contributed by atoms with E-state index < -0.39 is 11.9 Å². The first-order chi connectivity index (χ1) is 13.0. The maximum Gasteiger partial charge on any atom is 0.309 e. The van der Waals surface area contributed by atoms with Gasteiger partial charge in [-0.2, -0.15) is 0 Å². The van der Waals surface area contributed by atoms with E-state index in [0.717, 1.165) is 11.1 Å². The van der Waals surface area contributed by atoms with Crippen molar-refractivity contribution in [1.82, 2.24) is 5.16 Å². The molecule has 7 heteroatoms. The van der Waals surface area contributed by atoms with Gasteiger partial charge in [0.05, 0.1) is 6.42 Å². The molecule has 0 saturated carbocycles. The second kappa shape index (κ2) is 9.38. The molecule has 0 atom stereocenters. The lowest BCUT2D eigenvalue weighted by molar-refractivity contribution is -0.137. The summed E-state index contributed by atoms with van der Waals surface area (Å²) in [5.74, 6) is -1.67. The van der Waals surface area contributed by atoms with Gasteiger partial charge in [0.1, 0.15) is 17.6 Å². The highest BCUT2D eigenvalue weighted by atomic mass is 16.5. The van der Waals surface area contributed by atoms with Crippen LogP contribution in [0.5, 0.6) is 0 Å². The third-order valence-electron chi connectivity index (χ3n) is 3.90. The average molecular weight is 370 g/mol. The van der Waals surface area contributed by atoms with Crippen molar-refractivity contribution in [3.8, 4) is 0 Å². The molecule has 0 bridgehead atoms. The maximum atomic E-state index is 10.9. The van der Waals surface area contributed by atoms with Gasteiger partial charge in [0.2, 0.25) is 0 Å². The molecule has 0 saturated heterocycles. The number of anilines is 2. The SMILES string of the molecule is CCC(=O)O.CCN(c1ccc2ccccc2c1)c1conc1CC(=O)O. The van der Waals surface area contributed by atoms with Crippen LogP contribution in [0.25, 0.3) is 10.8 Å². The van der Waals surface area contributed by atoms with Crippen LogP contribution in [0.1, 0.15) is 26.0 Å². The van der Waals surface area contributed by atoms with E-state index in [4.69, 9.17) is 14.7 Å². The molecule has 27 heavy (non-hydrogen) atoms. The zero-order chi connectivity index (χ0) is 19.8. The van der Waals surface area contributed by atoms with Crippen LogP contribution in [0, 0.1) is 0 Å². The quantitative estimate of drug-likeness (QED) is 0.673. The predicted octanol–water partition coefficient (Wildman–Crippen LogP) is 4.09. The third kappa shape index (κ3) is 5.31. The Hall–Kier alpha value is -3.35. The first-order valence-corrected chi connectivity index (χ1v) is 8.59. The van der Waals surface area contributed by atoms with Gasteiger partial charge in [-0.3, -0.25) is 9.59 Å². The average Bonchev–Trinajstić information content (AvgIpc) is 3.10. The highest BCUT2D eigenvalue weighted by Crippen LogP contribution is 2.30. The van der Waals surface area contributed by atoms with Crippen molar-refractivity contribution in [2.24, 2.45) is 0 Å². The number of rotatable bonds is 6. The van der Waals surface area contributed by atoms with E-state index in [-0.39, 0.29) is 12.8 Å². The fourth-order valence-corrected chi connectivity index (χ4v) is 2.58. The Morgan fingerprint density at radius 1 is 1.04 bits per heavy atom. The van der Waals surface area contributed by atoms with Gasteiger partial charge in [0.15, 0.2) is 0 Å². The number of fused-ring (bicyclic) bond motifs is 1. The molecule has 3 rings (SSSR count). The molecule has 7 nitrogen and oxygen atoms in total. The van der Waals surface area contributed by atoms with Crippen LogP contribution in [0.3, 0.4) is 0 Å². The van der Waals surface area contributed by atoms with Gasteiger partial charge in [-0.05, 0) is 29.8 Å². The fraction of sp³-hybridized carbons (Fsp3) is 0.250. The first-order valence-electron chi connectivity index (χ1n) is 8.59. The van der Waals surface area contributed by atoms with Gasteiger partial charge in [-0.25, -0.2) is 0 Å². The summed E-state index contributed by atoms with van der Waals surface area (Å²) < 4.78 is 4.98. The summed E-state index contributed by atoms with van der Waals surface area (Å²) in [5, 5.41) is 22.8. The van der Waals surface area contributed by atoms with Crippen molar-refractivity contribution in [3.05, 3.63) is 54.4 Å². The number of carboxylic acids is 2. The van der Waals surface area contributed by atoms with Crippen LogP contribution >= 0.6 is 0 Å². The Kier molecular flexibility index (Phi) is 6.93. The van der Waals surface area contributed by atoms with E-state index in [9.17, 15) is 9.59 Å². The second-order valence-electron chi connectivity index (χ2n) is 5.74. The smallest absolute Gasteiger partial charge is 0.309 e. The number of benzene rings is 2. The molecule has 1 aromatic heterocycles.